The first-order valence-corrected chi connectivity index (χ1v) is 16.6. The Kier molecular flexibility index (Phi) is 13.3. The molecule has 2 rings (SSSR count). The third-order valence-corrected chi connectivity index (χ3v) is 12.9. The molecule has 3 radical (unpaired) electrons. The van der Waals surface area contributed by atoms with Crippen molar-refractivity contribution in [2.24, 2.45) is 17.8 Å². The molecule has 2 N–H and O–H groups in total. The van der Waals surface area contributed by atoms with Gasteiger partial charge in [0.25, 0.3) is 0 Å². The predicted octanol–water partition coefficient (Wildman–Crippen LogP) is 1.11. The molecule has 0 saturated carbocycles. The third-order valence-electron chi connectivity index (χ3n) is 5.56. The van der Waals surface area contributed by atoms with Crippen molar-refractivity contribution < 1.29 is 97.7 Å². The van der Waals surface area contributed by atoms with Gasteiger partial charge in [0.05, 0.1) is 45.3 Å². The molecule has 0 spiro atoms. The normalized spacial score (nSPS) is 38.0. The fourth-order valence-corrected chi connectivity index (χ4v) is 10.0. The van der Waals surface area contributed by atoms with Gasteiger partial charge in [0, 0.05) is 32.7 Å². The Morgan fingerprint density at radius 3 is 1.69 bits per heavy atom. The minimum absolute atomic E-state index is 0. The van der Waals surface area contributed by atoms with Gasteiger partial charge in [-0.15, -0.1) is 5.92 Å². The average Bonchev–Trinajstić information content (AvgIpc) is 3.07. The molecule has 0 aliphatic carbocycles. The van der Waals surface area contributed by atoms with Crippen molar-refractivity contribution in [3.63, 3.8) is 0 Å². The number of hydrogen-bond donors (Lipinski definition) is 2. The van der Waals surface area contributed by atoms with Crippen LogP contribution in [0.5, 0.6) is 0 Å². The molecule has 14 nitrogen and oxygen atoms in total. The summed E-state index contributed by atoms with van der Waals surface area (Å²) >= 11 is 0. The first kappa shape index (κ1) is 34.7. The molecule has 0 aromatic heterocycles. The number of phosphoric ester groups is 2. The number of phosphoric acid groups is 2. The summed E-state index contributed by atoms with van der Waals surface area (Å²) in [5, 5.41) is 0. The Bertz CT molecular complexity index is 909. The Hall–Kier alpha value is 1.69. The second-order valence-electron chi connectivity index (χ2n) is 8.34. The van der Waals surface area contributed by atoms with Crippen LogP contribution < -0.4 is 9.79 Å². The van der Waals surface area contributed by atoms with Crippen LogP contribution in [-0.2, 0) is 78.1 Å². The number of rotatable bonds is 12. The van der Waals surface area contributed by atoms with E-state index in [1.165, 1.54) is 0 Å². The molecular formula is C15H28BO14P4Y-3. The summed E-state index contributed by atoms with van der Waals surface area (Å²) in [7, 11) is -16.3. The van der Waals surface area contributed by atoms with E-state index in [1.54, 1.807) is 20.3 Å². The van der Waals surface area contributed by atoms with Gasteiger partial charge in [0.15, 0.2) is 15.2 Å². The van der Waals surface area contributed by atoms with Gasteiger partial charge in [-0.2, -0.15) is 0 Å². The Morgan fingerprint density at radius 2 is 1.31 bits per heavy atom. The summed E-state index contributed by atoms with van der Waals surface area (Å²) < 4.78 is 75.9. The second-order valence-corrected chi connectivity index (χ2v) is 15.6. The summed E-state index contributed by atoms with van der Waals surface area (Å²) in [5.41, 5.74) is 0. The average molecular weight is 656 g/mol. The third kappa shape index (κ3) is 11.4. The summed E-state index contributed by atoms with van der Waals surface area (Å²) in [6.07, 6.45) is 0.0296. The summed E-state index contributed by atoms with van der Waals surface area (Å²) in [5.74, 6) is -2.26. The fraction of sp³-hybridized carbons (Fsp3) is 0.933. The van der Waals surface area contributed by atoms with Crippen molar-refractivity contribution in [3.05, 3.63) is 6.42 Å². The van der Waals surface area contributed by atoms with Crippen LogP contribution in [0.1, 0.15) is 27.7 Å². The Balaban J connectivity index is 0.00000612. The van der Waals surface area contributed by atoms with Crippen LogP contribution in [0.3, 0.4) is 0 Å². The summed E-state index contributed by atoms with van der Waals surface area (Å²) in [6, 6.07) is -0.747. The maximum atomic E-state index is 12.0. The number of hydrogen-bond acceptors (Lipinski definition) is 12. The van der Waals surface area contributed by atoms with Gasteiger partial charge in [0.2, 0.25) is 0 Å². The Morgan fingerprint density at radius 1 is 0.857 bits per heavy atom. The molecule has 2 aliphatic rings. The SMILES string of the molecule is [B][C@H]1[CH-]C(C)[C@@H](COP(=O)(O)OP(=O)([O-])CP(=O)([O-])OP(=O)(O)OC[C@H]2O[C@@H](C)[C@@H](C)C2C)O1.[Y]. The minimum Gasteiger partial charge on any atom is -0.778 e. The zero-order valence-electron chi connectivity index (χ0n) is 19.5. The topological polar surface area (TPSA) is 210 Å². The zero-order chi connectivity index (χ0) is 26.1. The summed E-state index contributed by atoms with van der Waals surface area (Å²) in [4.78, 5) is 43.3. The van der Waals surface area contributed by atoms with Crippen molar-refractivity contribution in [2.75, 3.05) is 19.1 Å². The maximum absolute atomic E-state index is 12.0. The van der Waals surface area contributed by atoms with E-state index in [9.17, 15) is 37.8 Å². The van der Waals surface area contributed by atoms with Gasteiger partial charge in [-0.1, -0.05) is 26.8 Å². The molecule has 2 aliphatic heterocycles. The first-order chi connectivity index (χ1) is 15.3. The molecule has 2 fully saturated rings. The van der Waals surface area contributed by atoms with Gasteiger partial charge >= 0.3 is 15.6 Å². The molecular weight excluding hydrogens is 628 g/mol. The van der Waals surface area contributed by atoms with E-state index in [4.69, 9.17) is 17.3 Å². The van der Waals surface area contributed by atoms with E-state index in [0.717, 1.165) is 0 Å². The van der Waals surface area contributed by atoms with Gasteiger partial charge < -0.3 is 44.6 Å². The van der Waals surface area contributed by atoms with E-state index in [1.807, 2.05) is 13.8 Å². The molecule has 0 aromatic carbocycles. The van der Waals surface area contributed by atoms with Crippen LogP contribution in [0.25, 0.3) is 0 Å². The molecule has 0 aromatic rings. The monoisotopic (exact) mass is 656 g/mol. The summed E-state index contributed by atoms with van der Waals surface area (Å²) in [6.45, 7) is 6.12. The fourth-order valence-electron chi connectivity index (χ4n) is 3.43. The number of ether oxygens (including phenoxy) is 2. The molecule has 35 heavy (non-hydrogen) atoms. The molecule has 2 heterocycles. The molecule has 2 saturated heterocycles. The van der Waals surface area contributed by atoms with E-state index < -0.39 is 68.2 Å². The van der Waals surface area contributed by atoms with Gasteiger partial charge in [-0.05, 0) is 18.8 Å². The van der Waals surface area contributed by atoms with Crippen LogP contribution in [-0.4, -0.2) is 61.1 Å². The maximum Gasteiger partial charge on any atom is 0.477 e. The first-order valence-electron chi connectivity index (χ1n) is 10.2. The molecule has 0 bridgehead atoms. The van der Waals surface area contributed by atoms with E-state index >= 15 is 0 Å². The van der Waals surface area contributed by atoms with Crippen molar-refractivity contribution in [1.82, 2.24) is 0 Å². The largest absolute Gasteiger partial charge is 0.778 e. The van der Waals surface area contributed by atoms with Crippen LogP contribution in [0.4, 0.5) is 0 Å². The van der Waals surface area contributed by atoms with Crippen LogP contribution >= 0.6 is 30.8 Å². The van der Waals surface area contributed by atoms with E-state index in [0.29, 0.717) is 0 Å². The van der Waals surface area contributed by atoms with Crippen LogP contribution in [0.2, 0.25) is 0 Å². The van der Waals surface area contributed by atoms with E-state index in [2.05, 4.69) is 17.7 Å². The van der Waals surface area contributed by atoms with Gasteiger partial charge in [0.1, 0.15) is 0 Å². The van der Waals surface area contributed by atoms with Gasteiger partial charge in [-0.3, -0.25) is 9.05 Å². The Labute approximate surface area is 230 Å². The van der Waals surface area contributed by atoms with Crippen molar-refractivity contribution >= 4 is 38.7 Å². The van der Waals surface area contributed by atoms with E-state index in [-0.39, 0.29) is 56.6 Å². The predicted molar refractivity (Wildman–Crippen MR) is 114 cm³/mol. The standard InChI is InChI=1S/C15H30BO14P4.Y/c1-9-5-15(16)28-13(9)6-25-33(21,22)29-31(17,18)8-32(19,20)30-34(23,24)26-7-14-11(3)10(2)12(4)27-14;/h5,9-15H,6-8H2,1-4H3,(H,17,18)(H,19,20)(H,21,22)(H,23,24);/q-1;/p-2/t9?,10-,11?,12-,13+,14+,15+;/m0./s1. The molecule has 201 valence electrons. The van der Waals surface area contributed by atoms with Crippen molar-refractivity contribution in [1.29, 1.82) is 0 Å². The minimum atomic E-state index is -5.65. The van der Waals surface area contributed by atoms with Crippen LogP contribution in [0.15, 0.2) is 0 Å². The molecule has 0 amide bonds. The van der Waals surface area contributed by atoms with Crippen molar-refractivity contribution in [3.8, 4) is 0 Å². The quantitative estimate of drug-likeness (QED) is 0.171. The molecule has 6 unspecified atom stereocenters. The molecule has 20 heteroatoms. The van der Waals surface area contributed by atoms with Crippen molar-refractivity contribution in [2.45, 2.75) is 52.0 Å². The smallest absolute Gasteiger partial charge is 0.477 e. The molecule has 11 atom stereocenters. The van der Waals surface area contributed by atoms with Gasteiger partial charge in [-0.25, -0.2) is 17.8 Å². The van der Waals surface area contributed by atoms with Crippen LogP contribution in [0, 0.1) is 24.2 Å². The second kappa shape index (κ2) is 13.4. The zero-order valence-corrected chi connectivity index (χ0v) is 25.9.